The minimum absolute atomic E-state index is 0.0479. The van der Waals surface area contributed by atoms with Crippen LogP contribution in [0.25, 0.3) is 6.08 Å². The molecule has 0 aliphatic carbocycles. The first kappa shape index (κ1) is 14.6. The molecule has 0 saturated carbocycles. The van der Waals surface area contributed by atoms with E-state index in [0.717, 1.165) is 27.3 Å². The fourth-order valence-electron chi connectivity index (χ4n) is 1.78. The van der Waals surface area contributed by atoms with Gasteiger partial charge in [0.2, 0.25) is 0 Å². The number of amides is 2. The van der Waals surface area contributed by atoms with Crippen molar-refractivity contribution in [1.29, 1.82) is 0 Å². The number of imide groups is 1. The summed E-state index contributed by atoms with van der Waals surface area (Å²) in [6.07, 6.45) is 2.57. The molecule has 1 aliphatic rings. The lowest BCUT2D eigenvalue weighted by Crippen LogP contribution is -2.36. The molecule has 1 aromatic rings. The van der Waals surface area contributed by atoms with E-state index in [1.54, 1.807) is 6.08 Å². The standard InChI is InChI=1S/C14H14INO2S/c1-3-9(2)16-13(17)12(19-14(16)18)8-10-6-4-5-7-11(10)15/h4-9H,3H2,1-2H3/b12-8+/t9-/m1/s1. The summed E-state index contributed by atoms with van der Waals surface area (Å²) in [5.74, 6) is -0.177. The Bertz CT molecular complexity index is 556. The lowest BCUT2D eigenvalue weighted by atomic mass is 10.2. The van der Waals surface area contributed by atoms with E-state index in [1.807, 2.05) is 38.1 Å². The highest BCUT2D eigenvalue weighted by atomic mass is 127. The monoisotopic (exact) mass is 387 g/mol. The highest BCUT2D eigenvalue weighted by Gasteiger charge is 2.37. The largest absolute Gasteiger partial charge is 0.293 e. The molecule has 1 aromatic carbocycles. The zero-order valence-corrected chi connectivity index (χ0v) is 13.7. The third-order valence-electron chi connectivity index (χ3n) is 3.05. The van der Waals surface area contributed by atoms with Crippen LogP contribution in [0.5, 0.6) is 0 Å². The molecule has 19 heavy (non-hydrogen) atoms. The van der Waals surface area contributed by atoms with Gasteiger partial charge in [-0.15, -0.1) is 0 Å². The summed E-state index contributed by atoms with van der Waals surface area (Å²) < 4.78 is 1.07. The van der Waals surface area contributed by atoms with Crippen LogP contribution in [0.4, 0.5) is 4.79 Å². The maximum Gasteiger partial charge on any atom is 0.293 e. The molecule has 0 bridgehead atoms. The Kier molecular flexibility index (Phi) is 4.67. The van der Waals surface area contributed by atoms with Crippen LogP contribution < -0.4 is 0 Å². The van der Waals surface area contributed by atoms with Crippen LogP contribution in [0, 0.1) is 3.57 Å². The molecule has 0 N–H and O–H groups in total. The Morgan fingerprint density at radius 1 is 1.37 bits per heavy atom. The molecule has 0 aromatic heterocycles. The summed E-state index contributed by atoms with van der Waals surface area (Å²) in [5.41, 5.74) is 0.970. The molecule has 1 heterocycles. The van der Waals surface area contributed by atoms with Crippen molar-refractivity contribution in [2.45, 2.75) is 26.3 Å². The van der Waals surface area contributed by atoms with Crippen LogP contribution >= 0.6 is 34.4 Å². The van der Waals surface area contributed by atoms with Crippen molar-refractivity contribution >= 4 is 51.6 Å². The first-order valence-electron chi connectivity index (χ1n) is 6.06. The molecule has 0 spiro atoms. The van der Waals surface area contributed by atoms with Crippen LogP contribution in [0.2, 0.25) is 0 Å². The van der Waals surface area contributed by atoms with E-state index in [4.69, 9.17) is 0 Å². The van der Waals surface area contributed by atoms with Gasteiger partial charge in [-0.05, 0) is 65.4 Å². The van der Waals surface area contributed by atoms with Crippen molar-refractivity contribution in [2.75, 3.05) is 0 Å². The number of rotatable bonds is 3. The third kappa shape index (κ3) is 3.02. The molecule has 1 fully saturated rings. The normalized spacial score (nSPS) is 19.3. The lowest BCUT2D eigenvalue weighted by Gasteiger charge is -2.19. The van der Waals surface area contributed by atoms with Gasteiger partial charge in [0.15, 0.2) is 0 Å². The van der Waals surface area contributed by atoms with Gasteiger partial charge in [-0.25, -0.2) is 0 Å². The van der Waals surface area contributed by atoms with Gasteiger partial charge < -0.3 is 0 Å². The summed E-state index contributed by atoms with van der Waals surface area (Å²) in [4.78, 5) is 26.0. The molecule has 2 amide bonds. The van der Waals surface area contributed by atoms with Crippen molar-refractivity contribution in [3.63, 3.8) is 0 Å². The second-order valence-corrected chi connectivity index (χ2v) is 6.49. The molecule has 3 nitrogen and oxygen atoms in total. The van der Waals surface area contributed by atoms with E-state index in [1.165, 1.54) is 4.90 Å². The Hall–Kier alpha value is -0.820. The number of carbonyl (C=O) groups excluding carboxylic acids is 2. The summed E-state index contributed by atoms with van der Waals surface area (Å²) in [6.45, 7) is 3.86. The van der Waals surface area contributed by atoms with Gasteiger partial charge in [-0.2, -0.15) is 0 Å². The van der Waals surface area contributed by atoms with Crippen LogP contribution in [0.15, 0.2) is 29.2 Å². The van der Waals surface area contributed by atoms with Crippen LogP contribution in [-0.4, -0.2) is 22.1 Å². The molecule has 0 unspecified atom stereocenters. The summed E-state index contributed by atoms with van der Waals surface area (Å²) in [6, 6.07) is 7.74. The summed E-state index contributed by atoms with van der Waals surface area (Å²) in [7, 11) is 0. The molecule has 1 aliphatic heterocycles. The molecular formula is C14H14INO2S. The highest BCUT2D eigenvalue weighted by Crippen LogP contribution is 2.34. The van der Waals surface area contributed by atoms with E-state index in [-0.39, 0.29) is 17.2 Å². The van der Waals surface area contributed by atoms with Gasteiger partial charge >= 0.3 is 0 Å². The number of benzene rings is 1. The fraction of sp³-hybridized carbons (Fsp3) is 0.286. The van der Waals surface area contributed by atoms with E-state index in [9.17, 15) is 9.59 Å². The van der Waals surface area contributed by atoms with Crippen molar-refractivity contribution < 1.29 is 9.59 Å². The number of nitrogens with zero attached hydrogens (tertiary/aromatic N) is 1. The van der Waals surface area contributed by atoms with Gasteiger partial charge in [0.05, 0.1) is 4.91 Å². The molecule has 1 saturated heterocycles. The smallest absolute Gasteiger partial charge is 0.268 e. The van der Waals surface area contributed by atoms with E-state index < -0.39 is 0 Å². The first-order valence-corrected chi connectivity index (χ1v) is 7.95. The molecular weight excluding hydrogens is 373 g/mol. The van der Waals surface area contributed by atoms with Crippen molar-refractivity contribution in [1.82, 2.24) is 4.90 Å². The van der Waals surface area contributed by atoms with Gasteiger partial charge in [-0.1, -0.05) is 25.1 Å². The average Bonchev–Trinajstić information content (AvgIpc) is 2.66. The number of thioether (sulfide) groups is 1. The number of hydrogen-bond acceptors (Lipinski definition) is 3. The van der Waals surface area contributed by atoms with Crippen LogP contribution in [-0.2, 0) is 4.79 Å². The topological polar surface area (TPSA) is 37.4 Å². The molecule has 5 heteroatoms. The second-order valence-electron chi connectivity index (χ2n) is 4.33. The van der Waals surface area contributed by atoms with Crippen molar-refractivity contribution in [3.05, 3.63) is 38.3 Å². The third-order valence-corrected chi connectivity index (χ3v) is 4.91. The van der Waals surface area contributed by atoms with E-state index in [0.29, 0.717) is 4.91 Å². The predicted octanol–water partition coefficient (Wildman–Crippen LogP) is 4.13. The minimum atomic E-state index is -0.177. The maximum absolute atomic E-state index is 12.2. The molecule has 0 radical (unpaired) electrons. The van der Waals surface area contributed by atoms with E-state index >= 15 is 0 Å². The highest BCUT2D eigenvalue weighted by molar-refractivity contribution is 14.1. The van der Waals surface area contributed by atoms with Crippen LogP contribution in [0.3, 0.4) is 0 Å². The van der Waals surface area contributed by atoms with Gasteiger partial charge in [0, 0.05) is 9.61 Å². The Morgan fingerprint density at radius 2 is 2.05 bits per heavy atom. The van der Waals surface area contributed by atoms with Crippen molar-refractivity contribution in [2.24, 2.45) is 0 Å². The number of hydrogen-bond donors (Lipinski definition) is 0. The average molecular weight is 387 g/mol. The SMILES string of the molecule is CC[C@@H](C)N1C(=O)S/C(=C/c2ccccc2I)C1=O. The fourth-order valence-corrected chi connectivity index (χ4v) is 3.24. The first-order chi connectivity index (χ1) is 9.04. The molecule has 100 valence electrons. The van der Waals surface area contributed by atoms with Crippen molar-refractivity contribution in [3.8, 4) is 0 Å². The lowest BCUT2D eigenvalue weighted by molar-refractivity contribution is -0.124. The Balaban J connectivity index is 2.31. The van der Waals surface area contributed by atoms with Crippen LogP contribution in [0.1, 0.15) is 25.8 Å². The van der Waals surface area contributed by atoms with Gasteiger partial charge in [-0.3, -0.25) is 14.5 Å². The predicted molar refractivity (Wildman–Crippen MR) is 86.7 cm³/mol. The number of halogens is 1. The maximum atomic E-state index is 12.2. The second kappa shape index (κ2) is 6.09. The molecule has 2 rings (SSSR count). The summed E-state index contributed by atoms with van der Waals surface area (Å²) in [5, 5.41) is -0.170. The minimum Gasteiger partial charge on any atom is -0.268 e. The van der Waals surface area contributed by atoms with Gasteiger partial charge in [0.25, 0.3) is 11.1 Å². The molecule has 1 atom stereocenters. The quantitative estimate of drug-likeness (QED) is 0.578. The Labute approximate surface area is 130 Å². The van der Waals surface area contributed by atoms with E-state index in [2.05, 4.69) is 22.6 Å². The Morgan fingerprint density at radius 3 is 2.68 bits per heavy atom. The zero-order valence-electron chi connectivity index (χ0n) is 10.7. The zero-order chi connectivity index (χ0) is 14.0. The summed E-state index contributed by atoms with van der Waals surface area (Å²) >= 11 is 3.25. The van der Waals surface area contributed by atoms with Gasteiger partial charge in [0.1, 0.15) is 0 Å². The number of carbonyl (C=O) groups is 2.